The molecule has 1 aromatic heterocycles. The Morgan fingerprint density at radius 1 is 0.947 bits per heavy atom. The summed E-state index contributed by atoms with van der Waals surface area (Å²) < 4.78 is 5.25. The molecular formula is C15H12O4. The number of benzene rings is 2. The van der Waals surface area contributed by atoms with Crippen molar-refractivity contribution in [1.29, 1.82) is 0 Å². The van der Waals surface area contributed by atoms with Gasteiger partial charge in [0.25, 0.3) is 0 Å². The lowest BCUT2D eigenvalue weighted by molar-refractivity contribution is 0.467. The highest BCUT2D eigenvalue weighted by molar-refractivity contribution is 6.06. The lowest BCUT2D eigenvalue weighted by Gasteiger charge is -2.08. The quantitative estimate of drug-likeness (QED) is 0.479. The number of phenols is 2. The second kappa shape index (κ2) is 3.75. The average Bonchev–Trinajstić information content (AvgIpc) is 2.37. The molecule has 0 aliphatic rings. The van der Waals surface area contributed by atoms with Crippen LogP contribution in [0, 0.1) is 13.8 Å². The zero-order valence-corrected chi connectivity index (χ0v) is 10.5. The van der Waals surface area contributed by atoms with Gasteiger partial charge in [-0.15, -0.1) is 0 Å². The van der Waals surface area contributed by atoms with Gasteiger partial charge in [0.05, 0.1) is 5.39 Å². The molecule has 3 rings (SSSR count). The molecule has 3 aromatic rings. The number of aryl methyl sites for hydroxylation is 2. The minimum atomic E-state index is -0.522. The van der Waals surface area contributed by atoms with Crippen molar-refractivity contribution in [3.05, 3.63) is 45.8 Å². The van der Waals surface area contributed by atoms with Crippen LogP contribution in [0.4, 0.5) is 0 Å². The Morgan fingerprint density at radius 3 is 2.42 bits per heavy atom. The third kappa shape index (κ3) is 1.57. The summed E-state index contributed by atoms with van der Waals surface area (Å²) in [5.74, 6) is 0.153. The van der Waals surface area contributed by atoms with E-state index in [1.54, 1.807) is 32.0 Å². The number of phenolic OH excluding ortho intramolecular Hbond substituents is 2. The summed E-state index contributed by atoms with van der Waals surface area (Å²) in [5.41, 5.74) is 1.07. The smallest absolute Gasteiger partial charge is 0.344 e. The van der Waals surface area contributed by atoms with E-state index < -0.39 is 5.63 Å². The van der Waals surface area contributed by atoms with Gasteiger partial charge in [0, 0.05) is 16.3 Å². The maximum atomic E-state index is 12.0. The molecule has 19 heavy (non-hydrogen) atoms. The van der Waals surface area contributed by atoms with E-state index in [0.29, 0.717) is 27.5 Å². The molecule has 0 radical (unpaired) electrons. The molecule has 0 aliphatic carbocycles. The first-order valence-electron chi connectivity index (χ1n) is 5.87. The first-order chi connectivity index (χ1) is 8.99. The summed E-state index contributed by atoms with van der Waals surface area (Å²) in [7, 11) is 0. The van der Waals surface area contributed by atoms with E-state index in [4.69, 9.17) is 4.42 Å². The molecule has 0 spiro atoms. The zero-order chi connectivity index (χ0) is 13.7. The van der Waals surface area contributed by atoms with Crippen molar-refractivity contribution in [3.63, 3.8) is 0 Å². The van der Waals surface area contributed by atoms with Gasteiger partial charge >= 0.3 is 5.63 Å². The molecule has 2 N–H and O–H groups in total. The Hall–Kier alpha value is -2.49. The maximum absolute atomic E-state index is 12.0. The van der Waals surface area contributed by atoms with Crippen molar-refractivity contribution >= 4 is 21.7 Å². The van der Waals surface area contributed by atoms with Gasteiger partial charge in [-0.1, -0.05) is 0 Å². The fourth-order valence-corrected chi connectivity index (χ4v) is 2.26. The van der Waals surface area contributed by atoms with E-state index in [-0.39, 0.29) is 11.5 Å². The van der Waals surface area contributed by atoms with Crippen molar-refractivity contribution in [2.45, 2.75) is 13.8 Å². The first-order valence-corrected chi connectivity index (χ1v) is 5.87. The van der Waals surface area contributed by atoms with E-state index in [0.717, 1.165) is 5.39 Å². The van der Waals surface area contributed by atoms with E-state index >= 15 is 0 Å². The van der Waals surface area contributed by atoms with Gasteiger partial charge < -0.3 is 14.6 Å². The number of hydrogen-bond acceptors (Lipinski definition) is 4. The number of fused-ring (bicyclic) bond motifs is 3. The van der Waals surface area contributed by atoms with E-state index in [1.165, 1.54) is 6.07 Å². The van der Waals surface area contributed by atoms with Gasteiger partial charge in [-0.2, -0.15) is 0 Å². The van der Waals surface area contributed by atoms with Crippen molar-refractivity contribution in [2.75, 3.05) is 0 Å². The van der Waals surface area contributed by atoms with Crippen molar-refractivity contribution in [2.24, 2.45) is 0 Å². The first kappa shape index (κ1) is 11.6. The van der Waals surface area contributed by atoms with Crippen LogP contribution in [-0.2, 0) is 0 Å². The highest BCUT2D eigenvalue weighted by Gasteiger charge is 2.13. The van der Waals surface area contributed by atoms with Crippen LogP contribution < -0.4 is 5.63 Å². The minimum absolute atomic E-state index is 0.0645. The summed E-state index contributed by atoms with van der Waals surface area (Å²) >= 11 is 0. The summed E-state index contributed by atoms with van der Waals surface area (Å²) in [6.07, 6.45) is 0. The van der Waals surface area contributed by atoms with Gasteiger partial charge in [0.15, 0.2) is 0 Å². The average molecular weight is 256 g/mol. The molecule has 4 nitrogen and oxygen atoms in total. The van der Waals surface area contributed by atoms with Crippen LogP contribution >= 0.6 is 0 Å². The third-order valence-electron chi connectivity index (χ3n) is 3.42. The lowest BCUT2D eigenvalue weighted by Crippen LogP contribution is -2.01. The number of rotatable bonds is 0. The predicted molar refractivity (Wildman–Crippen MR) is 72.8 cm³/mol. The molecule has 0 aliphatic heterocycles. The van der Waals surface area contributed by atoms with Crippen LogP contribution in [0.2, 0.25) is 0 Å². The fraction of sp³-hybridized carbons (Fsp3) is 0.133. The molecule has 1 heterocycles. The van der Waals surface area contributed by atoms with Crippen LogP contribution in [0.3, 0.4) is 0 Å². The zero-order valence-electron chi connectivity index (χ0n) is 10.5. The van der Waals surface area contributed by atoms with Crippen LogP contribution in [0.15, 0.2) is 33.5 Å². The van der Waals surface area contributed by atoms with E-state index in [2.05, 4.69) is 0 Å². The summed E-state index contributed by atoms with van der Waals surface area (Å²) in [5, 5.41) is 21.2. The van der Waals surface area contributed by atoms with Gasteiger partial charge in [0.2, 0.25) is 0 Å². The molecule has 96 valence electrons. The van der Waals surface area contributed by atoms with E-state index in [9.17, 15) is 15.0 Å². The van der Waals surface area contributed by atoms with Crippen LogP contribution in [0.5, 0.6) is 11.5 Å². The fourth-order valence-electron chi connectivity index (χ4n) is 2.26. The highest BCUT2D eigenvalue weighted by atomic mass is 16.4. The van der Waals surface area contributed by atoms with Gasteiger partial charge in [-0.25, -0.2) is 4.79 Å². The lowest BCUT2D eigenvalue weighted by atomic mass is 10.0. The minimum Gasteiger partial charge on any atom is -0.508 e. The summed E-state index contributed by atoms with van der Waals surface area (Å²) in [6.45, 7) is 3.46. The Bertz CT molecular complexity index is 875. The Balaban J connectivity index is 2.64. The molecule has 4 heteroatoms. The number of aromatic hydroxyl groups is 2. The van der Waals surface area contributed by atoms with Gasteiger partial charge in [-0.05, 0) is 43.7 Å². The second-order valence-electron chi connectivity index (χ2n) is 4.66. The second-order valence-corrected chi connectivity index (χ2v) is 4.66. The maximum Gasteiger partial charge on any atom is 0.344 e. The topological polar surface area (TPSA) is 70.7 Å². The molecule has 0 amide bonds. The van der Waals surface area contributed by atoms with Crippen LogP contribution in [-0.4, -0.2) is 10.2 Å². The van der Waals surface area contributed by atoms with Crippen LogP contribution in [0.1, 0.15) is 11.1 Å². The SMILES string of the molecule is Cc1cc2c(cc1O)c(=O)oc1c(C)c(O)ccc12. The standard InChI is InChI=1S/C15H12O4/c1-7-5-10-9-3-4-12(16)8(2)14(9)19-15(18)11(10)6-13(7)17/h3-6,16-17H,1-2H3. The normalized spacial score (nSPS) is 11.3. The van der Waals surface area contributed by atoms with Gasteiger partial charge in [0.1, 0.15) is 17.1 Å². The van der Waals surface area contributed by atoms with E-state index in [1.807, 2.05) is 0 Å². The van der Waals surface area contributed by atoms with Crippen molar-refractivity contribution in [3.8, 4) is 11.5 Å². The molecule has 0 saturated carbocycles. The molecule has 0 unspecified atom stereocenters. The Labute approximate surface area is 108 Å². The molecule has 0 fully saturated rings. The van der Waals surface area contributed by atoms with Crippen molar-refractivity contribution in [1.82, 2.24) is 0 Å². The molecule has 2 aromatic carbocycles. The summed E-state index contributed by atoms with van der Waals surface area (Å²) in [6, 6.07) is 6.44. The molecule has 0 saturated heterocycles. The number of hydrogen-bond donors (Lipinski definition) is 2. The molecular weight excluding hydrogens is 244 g/mol. The van der Waals surface area contributed by atoms with Crippen molar-refractivity contribution < 1.29 is 14.6 Å². The largest absolute Gasteiger partial charge is 0.508 e. The highest BCUT2D eigenvalue weighted by Crippen LogP contribution is 2.32. The van der Waals surface area contributed by atoms with Gasteiger partial charge in [-0.3, -0.25) is 0 Å². The van der Waals surface area contributed by atoms with Crippen LogP contribution in [0.25, 0.3) is 21.7 Å². The third-order valence-corrected chi connectivity index (χ3v) is 3.42. The summed E-state index contributed by atoms with van der Waals surface area (Å²) in [4.78, 5) is 12.0. The Morgan fingerprint density at radius 2 is 1.68 bits per heavy atom. The predicted octanol–water partition coefficient (Wildman–Crippen LogP) is 2.97. The monoisotopic (exact) mass is 256 g/mol. The Kier molecular flexibility index (Phi) is 2.29. The molecule has 0 bridgehead atoms. The molecule has 0 atom stereocenters.